The Hall–Kier alpha value is -1.75. The average molecular weight is 761 g/mol. The number of carbonyl (C=O) groups excluding carboxylic acids is 1. The van der Waals surface area contributed by atoms with Gasteiger partial charge < -0.3 is 10.4 Å². The van der Waals surface area contributed by atoms with Crippen LogP contribution in [0.1, 0.15) is 31.8 Å². The van der Waals surface area contributed by atoms with Crippen LogP contribution in [0, 0.1) is 11.3 Å². The predicted molar refractivity (Wildman–Crippen MR) is 152 cm³/mol. The number of thioether (sulfide) groups is 1. The molecule has 6 nitrogen and oxygen atoms in total. The highest BCUT2D eigenvalue weighted by molar-refractivity contribution is 9.15. The first-order valence-corrected chi connectivity index (χ1v) is 14.6. The van der Waals surface area contributed by atoms with E-state index >= 15 is 0 Å². The lowest BCUT2D eigenvalue weighted by Crippen LogP contribution is -2.18. The third-order valence-electron chi connectivity index (χ3n) is 4.82. The van der Waals surface area contributed by atoms with Crippen LogP contribution < -0.4 is 5.32 Å². The summed E-state index contributed by atoms with van der Waals surface area (Å²) in [6.45, 7) is 0. The Kier molecular flexibility index (Phi) is 8.35. The van der Waals surface area contributed by atoms with E-state index in [4.69, 9.17) is 0 Å². The van der Waals surface area contributed by atoms with E-state index in [1.807, 2.05) is 18.2 Å². The number of aromatic carboxylic acids is 1. The molecule has 4 rings (SSSR count). The van der Waals surface area contributed by atoms with Gasteiger partial charge in [-0.3, -0.25) is 4.79 Å². The highest BCUT2D eigenvalue weighted by Gasteiger charge is 2.28. The summed E-state index contributed by atoms with van der Waals surface area (Å²) in [6.07, 6.45) is 0. The number of hydrogen-bond acceptors (Lipinski definition) is 6. The van der Waals surface area contributed by atoms with Gasteiger partial charge in [-0.2, -0.15) is 5.26 Å². The number of halogens is 4. The summed E-state index contributed by atoms with van der Waals surface area (Å²) in [5, 5.41) is 21.8. The van der Waals surface area contributed by atoms with Crippen LogP contribution in [0.25, 0.3) is 10.2 Å². The molecule has 0 bridgehead atoms. The number of nitrogens with zero attached hydrogens (tertiary/aromatic N) is 2. The van der Waals surface area contributed by atoms with E-state index in [-0.39, 0.29) is 15.6 Å². The highest BCUT2D eigenvalue weighted by atomic mass is 79.9. The number of carboxylic acids is 1. The van der Waals surface area contributed by atoms with Gasteiger partial charge in [0, 0.05) is 29.3 Å². The van der Waals surface area contributed by atoms with Gasteiger partial charge in [0.15, 0.2) is 4.34 Å². The zero-order chi connectivity index (χ0) is 25.3. The SMILES string of the molecule is N#Cc1ccccc1CSc1nc2ccc(NC(=O)c3c(Br)c(Br)c(Br)c(Br)c3C(=O)O)cc2s1. The quantitative estimate of drug-likeness (QED) is 0.116. The Labute approximate surface area is 241 Å². The summed E-state index contributed by atoms with van der Waals surface area (Å²) in [4.78, 5) is 29.7. The summed E-state index contributed by atoms with van der Waals surface area (Å²) < 4.78 is 3.27. The van der Waals surface area contributed by atoms with Crippen molar-refractivity contribution < 1.29 is 14.7 Å². The fourth-order valence-electron chi connectivity index (χ4n) is 3.18. The molecule has 0 aliphatic rings. The number of amides is 1. The number of benzene rings is 3. The Balaban J connectivity index is 1.59. The van der Waals surface area contributed by atoms with E-state index in [1.165, 1.54) is 23.1 Å². The molecule has 12 heteroatoms. The minimum atomic E-state index is -1.24. The molecule has 0 aliphatic carbocycles. The minimum absolute atomic E-state index is 0.0174. The van der Waals surface area contributed by atoms with E-state index in [1.54, 1.807) is 24.3 Å². The van der Waals surface area contributed by atoms with Crippen LogP contribution in [0.4, 0.5) is 5.69 Å². The number of nitriles is 1. The number of nitrogens with one attached hydrogen (secondary N) is 1. The molecule has 0 unspecified atom stereocenters. The zero-order valence-electron chi connectivity index (χ0n) is 17.2. The summed E-state index contributed by atoms with van der Waals surface area (Å²) >= 11 is 16.3. The molecule has 0 saturated carbocycles. The number of carboxylic acid groups (broad SMARTS) is 1. The van der Waals surface area contributed by atoms with Gasteiger partial charge in [0.2, 0.25) is 0 Å². The lowest BCUT2D eigenvalue weighted by molar-refractivity contribution is 0.0691. The van der Waals surface area contributed by atoms with Gasteiger partial charge in [0.25, 0.3) is 5.91 Å². The van der Waals surface area contributed by atoms with Crippen molar-refractivity contribution in [2.75, 3.05) is 5.32 Å². The van der Waals surface area contributed by atoms with Crippen molar-refractivity contribution in [1.29, 1.82) is 5.26 Å². The summed E-state index contributed by atoms with van der Waals surface area (Å²) in [6, 6.07) is 15.0. The molecule has 1 amide bonds. The van der Waals surface area contributed by atoms with Gasteiger partial charge in [-0.15, -0.1) is 11.3 Å². The maximum atomic E-state index is 13.1. The molecule has 3 aromatic carbocycles. The van der Waals surface area contributed by atoms with Crippen molar-refractivity contribution in [2.45, 2.75) is 10.1 Å². The third-order valence-corrected chi connectivity index (χ3v) is 11.8. The van der Waals surface area contributed by atoms with Crippen molar-refractivity contribution in [3.8, 4) is 6.07 Å². The Morgan fingerprint density at radius 2 is 1.71 bits per heavy atom. The largest absolute Gasteiger partial charge is 0.478 e. The molecule has 1 heterocycles. The normalized spacial score (nSPS) is 10.8. The fourth-order valence-corrected chi connectivity index (χ4v) is 7.76. The Morgan fingerprint density at radius 1 is 1.03 bits per heavy atom. The number of hydrogen-bond donors (Lipinski definition) is 2. The van der Waals surface area contributed by atoms with Gasteiger partial charge in [0.05, 0.1) is 33.0 Å². The molecule has 0 atom stereocenters. The van der Waals surface area contributed by atoms with E-state index in [9.17, 15) is 20.0 Å². The maximum Gasteiger partial charge on any atom is 0.337 e. The fraction of sp³-hybridized carbons (Fsp3) is 0.0435. The van der Waals surface area contributed by atoms with Gasteiger partial charge in [-0.1, -0.05) is 30.0 Å². The second kappa shape index (κ2) is 11.1. The third kappa shape index (κ3) is 5.50. The van der Waals surface area contributed by atoms with Crippen LogP contribution in [-0.4, -0.2) is 22.0 Å². The number of anilines is 1. The molecule has 0 fully saturated rings. The van der Waals surface area contributed by atoms with Crippen molar-refractivity contribution in [1.82, 2.24) is 4.98 Å². The zero-order valence-corrected chi connectivity index (χ0v) is 25.2. The second-order valence-electron chi connectivity index (χ2n) is 6.99. The van der Waals surface area contributed by atoms with Gasteiger partial charge in [-0.25, -0.2) is 9.78 Å². The van der Waals surface area contributed by atoms with E-state index in [0.717, 1.165) is 20.1 Å². The highest BCUT2D eigenvalue weighted by Crippen LogP contribution is 2.42. The first-order chi connectivity index (χ1) is 16.7. The van der Waals surface area contributed by atoms with Crippen molar-refractivity contribution in [3.05, 3.63) is 82.6 Å². The minimum Gasteiger partial charge on any atom is -0.478 e. The van der Waals surface area contributed by atoms with Crippen LogP contribution in [-0.2, 0) is 5.75 Å². The molecule has 176 valence electrons. The monoisotopic (exact) mass is 757 g/mol. The molecule has 35 heavy (non-hydrogen) atoms. The van der Waals surface area contributed by atoms with E-state index in [2.05, 4.69) is 80.1 Å². The smallest absolute Gasteiger partial charge is 0.337 e. The Bertz CT molecular complexity index is 1550. The Morgan fingerprint density at radius 3 is 2.40 bits per heavy atom. The number of thiazole rings is 1. The van der Waals surface area contributed by atoms with Crippen LogP contribution in [0.3, 0.4) is 0 Å². The molecule has 1 aromatic heterocycles. The average Bonchev–Trinajstić information content (AvgIpc) is 3.25. The lowest BCUT2D eigenvalue weighted by Gasteiger charge is -2.14. The maximum absolute atomic E-state index is 13.1. The first kappa shape index (κ1) is 26.3. The molecule has 4 aromatic rings. The molecular weight excluding hydrogens is 750 g/mol. The topological polar surface area (TPSA) is 103 Å². The van der Waals surface area contributed by atoms with E-state index in [0.29, 0.717) is 30.4 Å². The van der Waals surface area contributed by atoms with Crippen molar-refractivity contribution in [3.63, 3.8) is 0 Å². The number of carbonyl (C=O) groups is 2. The standard InChI is InChI=1S/C23H11Br4N3O3S2/c24-17-15(16(22(32)33)18(25)20(27)19(17)26)21(31)29-12-5-6-13-14(7-12)35-23(30-13)34-9-11-4-2-1-3-10(11)8-28/h1-7H,9H2,(H,29,31)(H,32,33). The van der Waals surface area contributed by atoms with Gasteiger partial charge in [-0.05, 0) is 93.5 Å². The van der Waals surface area contributed by atoms with Crippen LogP contribution in [0.15, 0.2) is 64.7 Å². The molecule has 0 spiro atoms. The van der Waals surface area contributed by atoms with Crippen LogP contribution in [0.2, 0.25) is 0 Å². The molecule has 2 N–H and O–H groups in total. The van der Waals surface area contributed by atoms with E-state index < -0.39 is 11.9 Å². The van der Waals surface area contributed by atoms with Crippen LogP contribution in [0.5, 0.6) is 0 Å². The summed E-state index contributed by atoms with van der Waals surface area (Å²) in [5.74, 6) is -1.20. The van der Waals surface area contributed by atoms with Gasteiger partial charge in [0.1, 0.15) is 0 Å². The first-order valence-electron chi connectivity index (χ1n) is 9.63. The second-order valence-corrected chi connectivity index (χ2v) is 12.4. The summed E-state index contributed by atoms with van der Waals surface area (Å²) in [5.41, 5.74) is 2.69. The molecule has 0 aliphatic heterocycles. The number of fused-ring (bicyclic) bond motifs is 1. The molecule has 0 radical (unpaired) electrons. The predicted octanol–water partition coefficient (Wildman–Crippen LogP) is 8.46. The lowest BCUT2D eigenvalue weighted by atomic mass is 10.1. The number of aromatic nitrogens is 1. The van der Waals surface area contributed by atoms with Crippen molar-refractivity contribution >= 4 is 115 Å². The van der Waals surface area contributed by atoms with Gasteiger partial charge >= 0.3 is 5.97 Å². The molecular formula is C23H11Br4N3O3S2. The number of rotatable bonds is 6. The summed E-state index contributed by atoms with van der Waals surface area (Å²) in [7, 11) is 0. The van der Waals surface area contributed by atoms with Crippen LogP contribution >= 0.6 is 86.8 Å². The molecule has 0 saturated heterocycles. The van der Waals surface area contributed by atoms with Crippen molar-refractivity contribution in [2.24, 2.45) is 0 Å².